The van der Waals surface area contributed by atoms with Gasteiger partial charge in [-0.2, -0.15) is 18.3 Å². The topological polar surface area (TPSA) is 85.2 Å². The highest BCUT2D eigenvalue weighted by molar-refractivity contribution is 5.68. The maximum Gasteiger partial charge on any atom is 0.416 e. The highest BCUT2D eigenvalue weighted by Gasteiger charge is 2.31. The number of nitrogens with zero attached hydrogens (tertiary/aromatic N) is 5. The van der Waals surface area contributed by atoms with E-state index in [1.54, 1.807) is 17.2 Å². The molecular formula is C25H29F3N6O2. The fourth-order valence-corrected chi connectivity index (χ4v) is 4.00. The molecule has 0 unspecified atom stereocenters. The lowest BCUT2D eigenvalue weighted by Crippen LogP contribution is -2.42. The Labute approximate surface area is 207 Å². The number of amides is 1. The van der Waals surface area contributed by atoms with E-state index in [1.807, 2.05) is 44.6 Å². The molecule has 8 nitrogen and oxygen atoms in total. The Morgan fingerprint density at radius 2 is 1.83 bits per heavy atom. The highest BCUT2D eigenvalue weighted by Crippen LogP contribution is 2.31. The smallest absolute Gasteiger partial charge is 0.416 e. The van der Waals surface area contributed by atoms with Gasteiger partial charge in [-0.1, -0.05) is 0 Å². The number of alkyl halides is 3. The van der Waals surface area contributed by atoms with Crippen LogP contribution in [0.2, 0.25) is 0 Å². The van der Waals surface area contributed by atoms with Crippen molar-refractivity contribution in [2.45, 2.75) is 58.4 Å². The predicted molar refractivity (Wildman–Crippen MR) is 129 cm³/mol. The molecular weight excluding hydrogens is 473 g/mol. The van der Waals surface area contributed by atoms with Gasteiger partial charge in [-0.15, -0.1) is 0 Å². The number of carbonyl (C=O) groups is 1. The van der Waals surface area contributed by atoms with Crippen LogP contribution < -0.4 is 5.32 Å². The number of aryl methyl sites for hydroxylation is 1. The zero-order valence-corrected chi connectivity index (χ0v) is 20.6. The first-order chi connectivity index (χ1) is 16.9. The second kappa shape index (κ2) is 9.79. The van der Waals surface area contributed by atoms with Gasteiger partial charge in [0.1, 0.15) is 17.2 Å². The van der Waals surface area contributed by atoms with E-state index >= 15 is 0 Å². The summed E-state index contributed by atoms with van der Waals surface area (Å²) in [7, 11) is 0. The molecule has 4 heterocycles. The van der Waals surface area contributed by atoms with Gasteiger partial charge >= 0.3 is 12.3 Å². The molecule has 0 saturated carbocycles. The van der Waals surface area contributed by atoms with Gasteiger partial charge in [0.25, 0.3) is 0 Å². The van der Waals surface area contributed by atoms with E-state index in [-0.39, 0.29) is 18.0 Å². The van der Waals surface area contributed by atoms with Crippen LogP contribution in [0, 0.1) is 6.92 Å². The monoisotopic (exact) mass is 502 g/mol. The van der Waals surface area contributed by atoms with Crippen LogP contribution in [0.3, 0.4) is 0 Å². The lowest BCUT2D eigenvalue weighted by Gasteiger charge is -2.33. The highest BCUT2D eigenvalue weighted by atomic mass is 19.4. The Morgan fingerprint density at radius 3 is 2.50 bits per heavy atom. The van der Waals surface area contributed by atoms with Crippen LogP contribution in [0.5, 0.6) is 0 Å². The van der Waals surface area contributed by atoms with E-state index in [2.05, 4.69) is 20.4 Å². The maximum atomic E-state index is 13.0. The van der Waals surface area contributed by atoms with Gasteiger partial charge in [-0.05, 0) is 70.4 Å². The van der Waals surface area contributed by atoms with Crippen molar-refractivity contribution < 1.29 is 22.7 Å². The molecule has 1 N–H and O–H groups in total. The first kappa shape index (κ1) is 25.5. The van der Waals surface area contributed by atoms with Crippen molar-refractivity contribution >= 4 is 17.7 Å². The van der Waals surface area contributed by atoms with Crippen molar-refractivity contribution in [2.75, 3.05) is 18.4 Å². The minimum atomic E-state index is -4.46. The van der Waals surface area contributed by atoms with Crippen molar-refractivity contribution in [3.8, 4) is 11.3 Å². The Hall–Kier alpha value is -3.63. The van der Waals surface area contributed by atoms with Gasteiger partial charge in [0.05, 0.1) is 23.5 Å². The zero-order chi connectivity index (χ0) is 26.1. The number of hydrogen-bond acceptors (Lipinski definition) is 6. The number of piperidine rings is 1. The van der Waals surface area contributed by atoms with Gasteiger partial charge in [0, 0.05) is 31.0 Å². The second-order valence-electron chi connectivity index (χ2n) is 9.88. The quantitative estimate of drug-likeness (QED) is 0.472. The van der Waals surface area contributed by atoms with Crippen LogP contribution in [-0.2, 0) is 10.9 Å². The summed E-state index contributed by atoms with van der Waals surface area (Å²) in [5.74, 6) is 0.441. The largest absolute Gasteiger partial charge is 0.444 e. The number of pyridine rings is 2. The number of ether oxygens (including phenoxy) is 1. The minimum Gasteiger partial charge on any atom is -0.444 e. The Bertz CT molecular complexity index is 1230. The molecule has 0 spiro atoms. The number of anilines is 2. The standard InChI is InChI=1S/C25H29F3N6O2/c1-16-11-20(31-22(12-16)32-21-13-18(5-8-29-21)25(26,27)28)17-14-30-34(15-17)19-6-9-33(10-7-19)23(35)36-24(2,3)4/h5,8,11-15,19H,6-7,9-10H2,1-4H3,(H,29,31,32). The third kappa shape index (κ3) is 6.32. The molecule has 192 valence electrons. The number of likely N-dealkylation sites (tertiary alicyclic amines) is 1. The average molecular weight is 503 g/mol. The molecule has 1 amide bonds. The van der Waals surface area contributed by atoms with Crippen molar-refractivity contribution in [2.24, 2.45) is 0 Å². The molecule has 3 aromatic rings. The fourth-order valence-electron chi connectivity index (χ4n) is 4.00. The van der Waals surface area contributed by atoms with E-state index in [0.29, 0.717) is 24.6 Å². The molecule has 1 fully saturated rings. The fraction of sp³-hybridized carbons (Fsp3) is 0.440. The minimum absolute atomic E-state index is 0.0568. The summed E-state index contributed by atoms with van der Waals surface area (Å²) < 4.78 is 46.4. The number of carbonyl (C=O) groups excluding carboxylic acids is 1. The second-order valence-corrected chi connectivity index (χ2v) is 9.88. The molecule has 3 aromatic heterocycles. The number of aromatic nitrogens is 4. The molecule has 0 radical (unpaired) electrons. The Balaban J connectivity index is 1.45. The van der Waals surface area contributed by atoms with Gasteiger partial charge in [0.15, 0.2) is 0 Å². The number of halogens is 3. The molecule has 0 aliphatic carbocycles. The third-order valence-electron chi connectivity index (χ3n) is 5.70. The summed E-state index contributed by atoms with van der Waals surface area (Å²) in [5.41, 5.74) is 0.992. The van der Waals surface area contributed by atoms with E-state index in [0.717, 1.165) is 42.3 Å². The molecule has 36 heavy (non-hydrogen) atoms. The Kier molecular flexibility index (Phi) is 6.92. The van der Waals surface area contributed by atoms with Crippen molar-refractivity contribution in [3.63, 3.8) is 0 Å². The van der Waals surface area contributed by atoms with Crippen LogP contribution >= 0.6 is 0 Å². The first-order valence-corrected chi connectivity index (χ1v) is 11.7. The van der Waals surface area contributed by atoms with Gasteiger partial charge in [-0.3, -0.25) is 4.68 Å². The molecule has 4 rings (SSSR count). The van der Waals surface area contributed by atoms with Crippen LogP contribution in [0.1, 0.15) is 50.8 Å². The Morgan fingerprint density at radius 1 is 1.11 bits per heavy atom. The zero-order valence-electron chi connectivity index (χ0n) is 20.6. The normalized spacial score (nSPS) is 15.1. The van der Waals surface area contributed by atoms with Crippen LogP contribution in [0.4, 0.5) is 29.6 Å². The first-order valence-electron chi connectivity index (χ1n) is 11.7. The average Bonchev–Trinajstić information content (AvgIpc) is 3.28. The molecule has 1 aliphatic heterocycles. The van der Waals surface area contributed by atoms with Crippen molar-refractivity contribution in [3.05, 3.63) is 54.0 Å². The summed E-state index contributed by atoms with van der Waals surface area (Å²) in [6.07, 6.45) is 1.46. The van der Waals surface area contributed by atoms with Crippen molar-refractivity contribution in [1.29, 1.82) is 0 Å². The number of nitrogens with one attached hydrogen (secondary N) is 1. The number of rotatable bonds is 4. The molecule has 0 bridgehead atoms. The van der Waals surface area contributed by atoms with Crippen LogP contribution in [0.25, 0.3) is 11.3 Å². The van der Waals surface area contributed by atoms with Crippen LogP contribution in [0.15, 0.2) is 42.9 Å². The maximum absolute atomic E-state index is 13.0. The predicted octanol–water partition coefficient (Wildman–Crippen LogP) is 5.98. The summed E-state index contributed by atoms with van der Waals surface area (Å²) in [6, 6.07) is 5.63. The third-order valence-corrected chi connectivity index (χ3v) is 5.70. The van der Waals surface area contributed by atoms with Gasteiger partial charge in [-0.25, -0.2) is 14.8 Å². The van der Waals surface area contributed by atoms with E-state index in [1.165, 1.54) is 0 Å². The van der Waals surface area contributed by atoms with Crippen LogP contribution in [-0.4, -0.2) is 49.4 Å². The van der Waals surface area contributed by atoms with Gasteiger partial charge in [0.2, 0.25) is 0 Å². The summed E-state index contributed by atoms with van der Waals surface area (Å²) in [4.78, 5) is 22.6. The van der Waals surface area contributed by atoms with E-state index in [4.69, 9.17) is 4.74 Å². The van der Waals surface area contributed by atoms with E-state index < -0.39 is 17.3 Å². The molecule has 1 aliphatic rings. The number of hydrogen-bond donors (Lipinski definition) is 1. The molecule has 1 saturated heterocycles. The molecule has 11 heteroatoms. The summed E-state index contributed by atoms with van der Waals surface area (Å²) >= 11 is 0. The summed E-state index contributed by atoms with van der Waals surface area (Å²) in [5, 5.41) is 7.38. The lowest BCUT2D eigenvalue weighted by molar-refractivity contribution is -0.137. The summed E-state index contributed by atoms with van der Waals surface area (Å²) in [6.45, 7) is 8.58. The van der Waals surface area contributed by atoms with Gasteiger partial charge < -0.3 is 15.0 Å². The van der Waals surface area contributed by atoms with Crippen molar-refractivity contribution in [1.82, 2.24) is 24.6 Å². The molecule has 0 atom stereocenters. The molecule has 0 aromatic carbocycles. The SMILES string of the molecule is Cc1cc(Nc2cc(C(F)(F)F)ccn2)nc(-c2cnn(C3CCN(C(=O)OC(C)(C)C)CC3)c2)c1. The van der Waals surface area contributed by atoms with E-state index in [9.17, 15) is 18.0 Å². The lowest BCUT2D eigenvalue weighted by atomic mass is 10.1.